The summed E-state index contributed by atoms with van der Waals surface area (Å²) in [6.07, 6.45) is -0.477. The van der Waals surface area contributed by atoms with E-state index in [-0.39, 0.29) is 5.41 Å². The van der Waals surface area contributed by atoms with Crippen molar-refractivity contribution in [3.63, 3.8) is 0 Å². The van der Waals surface area contributed by atoms with Crippen molar-refractivity contribution in [2.24, 2.45) is 5.92 Å². The van der Waals surface area contributed by atoms with Crippen molar-refractivity contribution in [2.45, 2.75) is 40.0 Å². The van der Waals surface area contributed by atoms with E-state index in [1.165, 1.54) is 11.3 Å². The molecule has 5 nitrogen and oxygen atoms in total. The number of hydrogen-bond acceptors (Lipinski definition) is 5. The van der Waals surface area contributed by atoms with Crippen molar-refractivity contribution in [1.29, 1.82) is 0 Å². The quantitative estimate of drug-likeness (QED) is 0.904. The van der Waals surface area contributed by atoms with Gasteiger partial charge in [0.05, 0.1) is 6.61 Å². The van der Waals surface area contributed by atoms with Gasteiger partial charge in [-0.05, 0) is 5.92 Å². The fourth-order valence-corrected chi connectivity index (χ4v) is 1.73. The number of carbonyl (C=O) groups is 1. The van der Waals surface area contributed by atoms with Crippen molar-refractivity contribution in [2.75, 3.05) is 11.9 Å². The minimum absolute atomic E-state index is 0.0561. The van der Waals surface area contributed by atoms with Crippen LogP contribution in [0.3, 0.4) is 0 Å². The standard InChI is InChI=1S/C11H19N3O2S/c1-7(2)6-16-10(15)12-9-14-13-8(17-9)11(3,4)5/h7H,6H2,1-5H3,(H,12,14,15). The van der Waals surface area contributed by atoms with Crippen molar-refractivity contribution in [3.05, 3.63) is 5.01 Å². The smallest absolute Gasteiger partial charge is 0.413 e. The molecule has 6 heteroatoms. The predicted octanol–water partition coefficient (Wildman–Crippen LogP) is 3.04. The van der Waals surface area contributed by atoms with E-state index in [9.17, 15) is 4.79 Å². The first-order valence-electron chi connectivity index (χ1n) is 5.57. The van der Waals surface area contributed by atoms with Gasteiger partial charge in [-0.15, -0.1) is 10.2 Å². The van der Waals surface area contributed by atoms with Crippen LogP contribution in [0.1, 0.15) is 39.6 Å². The van der Waals surface area contributed by atoms with E-state index < -0.39 is 6.09 Å². The molecule has 1 aromatic heterocycles. The third-order valence-corrected chi connectivity index (χ3v) is 3.09. The van der Waals surface area contributed by atoms with Gasteiger partial charge in [0.25, 0.3) is 0 Å². The lowest BCUT2D eigenvalue weighted by Gasteiger charge is -2.12. The number of aromatic nitrogens is 2. The van der Waals surface area contributed by atoms with Crippen molar-refractivity contribution >= 4 is 22.6 Å². The maximum absolute atomic E-state index is 11.4. The molecule has 0 unspecified atom stereocenters. The highest BCUT2D eigenvalue weighted by atomic mass is 32.1. The zero-order chi connectivity index (χ0) is 13.1. The summed E-state index contributed by atoms with van der Waals surface area (Å²) in [6, 6.07) is 0. The molecule has 0 spiro atoms. The highest BCUT2D eigenvalue weighted by Crippen LogP contribution is 2.27. The van der Waals surface area contributed by atoms with Crippen LogP contribution >= 0.6 is 11.3 Å². The van der Waals surface area contributed by atoms with E-state index in [0.717, 1.165) is 5.01 Å². The molecule has 1 aromatic rings. The molecule has 0 aliphatic heterocycles. The second-order valence-electron chi connectivity index (χ2n) is 5.28. The molecule has 1 rings (SSSR count). The Balaban J connectivity index is 2.52. The van der Waals surface area contributed by atoms with Crippen LogP contribution in [-0.2, 0) is 10.2 Å². The Morgan fingerprint density at radius 3 is 2.53 bits per heavy atom. The lowest BCUT2D eigenvalue weighted by molar-refractivity contribution is 0.147. The van der Waals surface area contributed by atoms with Gasteiger partial charge in [-0.1, -0.05) is 46.0 Å². The predicted molar refractivity (Wildman–Crippen MR) is 68.4 cm³/mol. The average molecular weight is 257 g/mol. The summed E-state index contributed by atoms with van der Waals surface area (Å²) >= 11 is 1.37. The van der Waals surface area contributed by atoms with Gasteiger partial charge in [0, 0.05) is 5.41 Å². The van der Waals surface area contributed by atoms with Gasteiger partial charge in [0.2, 0.25) is 5.13 Å². The Hall–Kier alpha value is -1.17. The molecule has 0 aliphatic rings. The SMILES string of the molecule is CC(C)COC(=O)Nc1nnc(C(C)(C)C)s1. The molecule has 0 saturated carbocycles. The number of anilines is 1. The lowest BCUT2D eigenvalue weighted by atomic mass is 9.98. The summed E-state index contributed by atoms with van der Waals surface area (Å²) in [5.41, 5.74) is -0.0561. The van der Waals surface area contributed by atoms with E-state index in [2.05, 4.69) is 15.5 Å². The van der Waals surface area contributed by atoms with Crippen LogP contribution in [0.15, 0.2) is 0 Å². The van der Waals surface area contributed by atoms with Gasteiger partial charge in [0.15, 0.2) is 0 Å². The highest BCUT2D eigenvalue weighted by Gasteiger charge is 2.20. The second-order valence-corrected chi connectivity index (χ2v) is 6.26. The molecule has 0 aromatic carbocycles. The van der Waals surface area contributed by atoms with Gasteiger partial charge in [-0.2, -0.15) is 0 Å². The summed E-state index contributed by atoms with van der Waals surface area (Å²) in [6.45, 7) is 10.5. The maximum atomic E-state index is 11.4. The van der Waals surface area contributed by atoms with Gasteiger partial charge in [0.1, 0.15) is 5.01 Å². The summed E-state index contributed by atoms with van der Waals surface area (Å²) in [7, 11) is 0. The molecule has 0 bridgehead atoms. The van der Waals surface area contributed by atoms with E-state index in [4.69, 9.17) is 4.74 Å². The molecular weight excluding hydrogens is 238 g/mol. The topological polar surface area (TPSA) is 64.1 Å². The van der Waals surface area contributed by atoms with Crippen LogP contribution in [0, 0.1) is 5.92 Å². The van der Waals surface area contributed by atoms with Gasteiger partial charge >= 0.3 is 6.09 Å². The molecule has 17 heavy (non-hydrogen) atoms. The van der Waals surface area contributed by atoms with Gasteiger partial charge < -0.3 is 4.74 Å². The molecule has 96 valence electrons. The monoisotopic (exact) mass is 257 g/mol. The molecular formula is C11H19N3O2S. The number of ether oxygens (including phenoxy) is 1. The molecule has 0 fully saturated rings. The molecule has 0 radical (unpaired) electrons. The Labute approximate surface area is 106 Å². The molecule has 0 saturated heterocycles. The third-order valence-electron chi connectivity index (χ3n) is 1.82. The zero-order valence-corrected chi connectivity index (χ0v) is 11.7. The van der Waals surface area contributed by atoms with Crippen molar-refractivity contribution in [1.82, 2.24) is 10.2 Å². The van der Waals surface area contributed by atoms with Crippen LogP contribution in [0.4, 0.5) is 9.93 Å². The first-order chi connectivity index (χ1) is 7.79. The number of rotatable bonds is 3. The van der Waals surface area contributed by atoms with Crippen molar-refractivity contribution < 1.29 is 9.53 Å². The van der Waals surface area contributed by atoms with Gasteiger partial charge in [-0.3, -0.25) is 5.32 Å². The van der Waals surface area contributed by atoms with E-state index in [1.807, 2.05) is 34.6 Å². The fraction of sp³-hybridized carbons (Fsp3) is 0.727. The molecule has 0 atom stereocenters. The van der Waals surface area contributed by atoms with Gasteiger partial charge in [-0.25, -0.2) is 4.79 Å². The maximum Gasteiger partial charge on any atom is 0.413 e. The molecule has 1 amide bonds. The molecule has 1 N–H and O–H groups in total. The van der Waals surface area contributed by atoms with Crippen LogP contribution < -0.4 is 5.32 Å². The zero-order valence-electron chi connectivity index (χ0n) is 10.9. The average Bonchev–Trinajstić information content (AvgIpc) is 2.62. The van der Waals surface area contributed by atoms with Crippen LogP contribution in [0.2, 0.25) is 0 Å². The molecule has 0 aliphatic carbocycles. The summed E-state index contributed by atoms with van der Waals surface area (Å²) in [4.78, 5) is 11.4. The largest absolute Gasteiger partial charge is 0.449 e. The van der Waals surface area contributed by atoms with Crippen molar-refractivity contribution in [3.8, 4) is 0 Å². The summed E-state index contributed by atoms with van der Waals surface area (Å²) < 4.78 is 4.99. The first-order valence-corrected chi connectivity index (χ1v) is 6.38. The fourth-order valence-electron chi connectivity index (χ4n) is 0.943. The second kappa shape index (κ2) is 5.44. The minimum Gasteiger partial charge on any atom is -0.449 e. The van der Waals surface area contributed by atoms with E-state index >= 15 is 0 Å². The third kappa shape index (κ3) is 4.68. The molecule has 1 heterocycles. The number of hydrogen-bond donors (Lipinski definition) is 1. The minimum atomic E-state index is -0.477. The van der Waals surface area contributed by atoms with Crippen LogP contribution in [0.5, 0.6) is 0 Å². The normalized spacial score (nSPS) is 11.6. The Morgan fingerprint density at radius 1 is 1.41 bits per heavy atom. The number of carbonyl (C=O) groups excluding carboxylic acids is 1. The van der Waals surface area contributed by atoms with Crippen LogP contribution in [0.25, 0.3) is 0 Å². The highest BCUT2D eigenvalue weighted by molar-refractivity contribution is 7.15. The number of nitrogens with zero attached hydrogens (tertiary/aromatic N) is 2. The summed E-state index contributed by atoms with van der Waals surface area (Å²) in [5, 5.41) is 11.9. The number of amides is 1. The lowest BCUT2D eigenvalue weighted by Crippen LogP contribution is -2.16. The first kappa shape index (κ1) is 13.9. The Morgan fingerprint density at radius 2 is 2.06 bits per heavy atom. The van der Waals surface area contributed by atoms with E-state index in [1.54, 1.807) is 0 Å². The number of nitrogens with one attached hydrogen (secondary N) is 1. The Kier molecular flexibility index (Phi) is 4.45. The van der Waals surface area contributed by atoms with E-state index in [0.29, 0.717) is 17.7 Å². The van der Waals surface area contributed by atoms with Crippen LogP contribution in [-0.4, -0.2) is 22.9 Å². The summed E-state index contributed by atoms with van der Waals surface area (Å²) in [5.74, 6) is 0.320. The Bertz CT molecular complexity index is 382.